The number of phenolic OH excluding ortho intramolecular Hbond substituents is 3. The SMILES string of the molecule is COc1cc(C)c(Br)c(O)c1C(=O)c1c(C=O)c(O)cc(O)c1CC=C(C)C. The van der Waals surface area contributed by atoms with Crippen LogP contribution in [0.15, 0.2) is 28.3 Å². The molecule has 0 aromatic heterocycles. The summed E-state index contributed by atoms with van der Waals surface area (Å²) in [7, 11) is 1.35. The van der Waals surface area contributed by atoms with Crippen molar-refractivity contribution in [2.24, 2.45) is 0 Å². The Bertz CT molecular complexity index is 987. The van der Waals surface area contributed by atoms with E-state index in [0.29, 0.717) is 16.3 Å². The molecule has 0 saturated carbocycles. The highest BCUT2D eigenvalue weighted by Gasteiger charge is 2.29. The van der Waals surface area contributed by atoms with Gasteiger partial charge in [0.05, 0.1) is 17.1 Å². The molecule has 3 N–H and O–H groups in total. The molecule has 2 rings (SSSR count). The largest absolute Gasteiger partial charge is 0.507 e. The van der Waals surface area contributed by atoms with Gasteiger partial charge in [0.25, 0.3) is 0 Å². The lowest BCUT2D eigenvalue weighted by atomic mass is 9.89. The fourth-order valence-corrected chi connectivity index (χ4v) is 3.17. The quantitative estimate of drug-likeness (QED) is 0.342. The van der Waals surface area contributed by atoms with Crippen molar-refractivity contribution in [3.8, 4) is 23.0 Å². The van der Waals surface area contributed by atoms with E-state index in [0.717, 1.165) is 11.6 Å². The van der Waals surface area contributed by atoms with E-state index in [1.54, 1.807) is 19.1 Å². The highest BCUT2D eigenvalue weighted by Crippen LogP contribution is 2.41. The van der Waals surface area contributed by atoms with Gasteiger partial charge in [0.15, 0.2) is 6.29 Å². The molecule has 0 radical (unpaired) electrons. The maximum absolute atomic E-state index is 13.4. The normalized spacial score (nSPS) is 10.5. The number of aryl methyl sites for hydroxylation is 1. The number of phenols is 3. The van der Waals surface area contributed by atoms with Crippen LogP contribution in [0.5, 0.6) is 23.0 Å². The molecule has 0 spiro atoms. The molecule has 0 amide bonds. The van der Waals surface area contributed by atoms with Gasteiger partial charge in [-0.25, -0.2) is 0 Å². The first-order chi connectivity index (χ1) is 13.1. The van der Waals surface area contributed by atoms with Crippen LogP contribution in [0.3, 0.4) is 0 Å². The number of benzene rings is 2. The van der Waals surface area contributed by atoms with Gasteiger partial charge in [-0.2, -0.15) is 0 Å². The third-order valence-corrected chi connectivity index (χ3v) is 5.32. The first-order valence-electron chi connectivity index (χ1n) is 8.41. The fourth-order valence-electron chi connectivity index (χ4n) is 2.86. The van der Waals surface area contributed by atoms with Gasteiger partial charge in [0, 0.05) is 17.2 Å². The first-order valence-corrected chi connectivity index (χ1v) is 9.20. The molecule has 0 aliphatic rings. The molecule has 28 heavy (non-hydrogen) atoms. The minimum atomic E-state index is -0.750. The van der Waals surface area contributed by atoms with Gasteiger partial charge < -0.3 is 20.1 Å². The monoisotopic (exact) mass is 448 g/mol. The molecular formula is C21H21BrO6. The van der Waals surface area contributed by atoms with Crippen molar-refractivity contribution < 1.29 is 29.6 Å². The molecule has 2 aromatic rings. The predicted molar refractivity (Wildman–Crippen MR) is 109 cm³/mol. The number of hydrogen-bond donors (Lipinski definition) is 3. The Hall–Kier alpha value is -2.80. The van der Waals surface area contributed by atoms with E-state index in [9.17, 15) is 24.9 Å². The number of carbonyl (C=O) groups excluding carboxylic acids is 2. The van der Waals surface area contributed by atoms with E-state index in [1.165, 1.54) is 7.11 Å². The number of methoxy groups -OCH3 is 1. The Morgan fingerprint density at radius 3 is 2.32 bits per heavy atom. The highest BCUT2D eigenvalue weighted by molar-refractivity contribution is 9.10. The summed E-state index contributed by atoms with van der Waals surface area (Å²) in [4.78, 5) is 25.0. The van der Waals surface area contributed by atoms with Gasteiger partial charge in [-0.1, -0.05) is 11.6 Å². The minimum absolute atomic E-state index is 0.107. The van der Waals surface area contributed by atoms with Gasteiger partial charge in [-0.3, -0.25) is 9.59 Å². The van der Waals surface area contributed by atoms with Crippen molar-refractivity contribution in [3.63, 3.8) is 0 Å². The van der Waals surface area contributed by atoms with Crippen molar-refractivity contribution in [1.29, 1.82) is 0 Å². The van der Waals surface area contributed by atoms with E-state index >= 15 is 0 Å². The number of hydrogen-bond acceptors (Lipinski definition) is 6. The topological polar surface area (TPSA) is 104 Å². The second-order valence-electron chi connectivity index (χ2n) is 6.55. The van der Waals surface area contributed by atoms with Gasteiger partial charge >= 0.3 is 0 Å². The van der Waals surface area contributed by atoms with Crippen LogP contribution in [0.4, 0.5) is 0 Å². The lowest BCUT2D eigenvalue weighted by molar-refractivity contribution is 0.102. The molecule has 7 heteroatoms. The van der Waals surface area contributed by atoms with Crippen molar-refractivity contribution in [3.05, 3.63) is 56.1 Å². The van der Waals surface area contributed by atoms with Gasteiger partial charge in [0.1, 0.15) is 28.6 Å². The minimum Gasteiger partial charge on any atom is -0.507 e. The Morgan fingerprint density at radius 2 is 1.79 bits per heavy atom. The van der Waals surface area contributed by atoms with Crippen LogP contribution in [0.1, 0.15) is 51.3 Å². The van der Waals surface area contributed by atoms with E-state index in [1.807, 2.05) is 13.8 Å². The maximum atomic E-state index is 13.4. The van der Waals surface area contributed by atoms with Crippen LogP contribution in [0.25, 0.3) is 0 Å². The number of rotatable bonds is 6. The summed E-state index contributed by atoms with van der Waals surface area (Å²) < 4.78 is 5.55. The molecule has 0 bridgehead atoms. The standard InChI is InChI=1S/C21H21BrO6/c1-10(2)5-6-12-14(24)8-15(25)13(9-23)17(12)20(26)18-16(28-4)7-11(3)19(22)21(18)27/h5,7-9,24-25,27H,6H2,1-4H3. The van der Waals surface area contributed by atoms with Crippen LogP contribution in [-0.2, 0) is 6.42 Å². The smallest absolute Gasteiger partial charge is 0.201 e. The number of aromatic hydroxyl groups is 3. The molecule has 148 valence electrons. The lowest BCUT2D eigenvalue weighted by Crippen LogP contribution is -2.12. The highest BCUT2D eigenvalue weighted by atomic mass is 79.9. The zero-order valence-corrected chi connectivity index (χ0v) is 17.5. The number of halogens is 1. The Labute approximate surface area is 171 Å². The van der Waals surface area contributed by atoms with Crippen LogP contribution in [-0.4, -0.2) is 34.5 Å². The summed E-state index contributed by atoms with van der Waals surface area (Å²) in [5.74, 6) is -1.85. The third-order valence-electron chi connectivity index (χ3n) is 4.32. The number of carbonyl (C=O) groups is 2. The molecule has 0 unspecified atom stereocenters. The van der Waals surface area contributed by atoms with E-state index in [2.05, 4.69) is 15.9 Å². The van der Waals surface area contributed by atoms with Crippen LogP contribution in [0, 0.1) is 6.92 Å². The van der Waals surface area contributed by atoms with Crippen LogP contribution in [0.2, 0.25) is 0 Å². The predicted octanol–water partition coefficient (Wildman–Crippen LogP) is 4.44. The Morgan fingerprint density at radius 1 is 1.14 bits per heavy atom. The summed E-state index contributed by atoms with van der Waals surface area (Å²) in [6, 6.07) is 2.59. The molecule has 0 saturated heterocycles. The van der Waals surface area contributed by atoms with E-state index in [4.69, 9.17) is 4.74 Å². The summed E-state index contributed by atoms with van der Waals surface area (Å²) in [6.07, 6.45) is 2.28. The van der Waals surface area contributed by atoms with Gasteiger partial charge in [0.2, 0.25) is 5.78 Å². The first kappa shape index (κ1) is 21.5. The van der Waals surface area contributed by atoms with Crippen LogP contribution >= 0.6 is 15.9 Å². The number of allylic oxidation sites excluding steroid dienone is 2. The van der Waals surface area contributed by atoms with Crippen molar-refractivity contribution in [2.45, 2.75) is 27.2 Å². The second-order valence-corrected chi connectivity index (χ2v) is 7.34. The average molecular weight is 449 g/mol. The van der Waals surface area contributed by atoms with Crippen molar-refractivity contribution in [1.82, 2.24) is 0 Å². The molecule has 2 aromatic carbocycles. The number of ether oxygens (including phenoxy) is 1. The van der Waals surface area contributed by atoms with E-state index < -0.39 is 11.5 Å². The fraction of sp³-hybridized carbons (Fsp3) is 0.238. The van der Waals surface area contributed by atoms with Crippen molar-refractivity contribution >= 4 is 28.0 Å². The molecular weight excluding hydrogens is 428 g/mol. The number of aldehydes is 1. The summed E-state index contributed by atoms with van der Waals surface area (Å²) in [5.41, 5.74) is 1.13. The molecule has 0 fully saturated rings. The summed E-state index contributed by atoms with van der Waals surface area (Å²) in [5, 5.41) is 31.0. The maximum Gasteiger partial charge on any atom is 0.201 e. The molecule has 0 aliphatic carbocycles. The molecule has 0 aliphatic heterocycles. The summed E-state index contributed by atoms with van der Waals surface area (Å²) >= 11 is 3.23. The average Bonchev–Trinajstić information content (AvgIpc) is 2.63. The number of ketones is 1. The molecule has 0 atom stereocenters. The zero-order valence-electron chi connectivity index (χ0n) is 16.0. The Balaban J connectivity index is 2.88. The Kier molecular flexibility index (Phi) is 6.51. The van der Waals surface area contributed by atoms with Gasteiger partial charge in [-0.15, -0.1) is 0 Å². The van der Waals surface area contributed by atoms with E-state index in [-0.39, 0.29) is 45.9 Å². The van der Waals surface area contributed by atoms with Crippen LogP contribution < -0.4 is 4.74 Å². The van der Waals surface area contributed by atoms with Crippen molar-refractivity contribution in [2.75, 3.05) is 7.11 Å². The molecule has 6 nitrogen and oxygen atoms in total. The third kappa shape index (κ3) is 3.89. The van der Waals surface area contributed by atoms with Gasteiger partial charge in [-0.05, 0) is 54.8 Å². The lowest BCUT2D eigenvalue weighted by Gasteiger charge is -2.17. The summed E-state index contributed by atoms with van der Waals surface area (Å²) in [6.45, 7) is 5.43. The molecule has 0 heterocycles. The second kappa shape index (κ2) is 8.48. The zero-order chi connectivity index (χ0) is 21.2.